The van der Waals surface area contributed by atoms with Crippen molar-refractivity contribution in [2.75, 3.05) is 19.6 Å². The highest BCUT2D eigenvalue weighted by Gasteiger charge is 2.22. The second-order valence-electron chi connectivity index (χ2n) is 7.35. The van der Waals surface area contributed by atoms with Crippen molar-refractivity contribution in [1.29, 1.82) is 0 Å². The number of aromatic nitrogens is 1. The zero-order valence-corrected chi connectivity index (χ0v) is 16.5. The van der Waals surface area contributed by atoms with Crippen LogP contribution in [0.25, 0.3) is 10.9 Å². The van der Waals surface area contributed by atoms with Crippen LogP contribution in [0.4, 0.5) is 0 Å². The average molecular weight is 394 g/mol. The fourth-order valence-corrected chi connectivity index (χ4v) is 4.05. The van der Waals surface area contributed by atoms with E-state index in [-0.39, 0.29) is 11.9 Å². The molecule has 1 aliphatic heterocycles. The minimum atomic E-state index is -0.0889. The topological polar surface area (TPSA) is 45.2 Å². The molecule has 0 saturated carbocycles. The van der Waals surface area contributed by atoms with Gasteiger partial charge in [-0.05, 0) is 43.0 Å². The van der Waals surface area contributed by atoms with Crippen LogP contribution in [0.5, 0.6) is 0 Å². The van der Waals surface area contributed by atoms with Gasteiger partial charge in [0.25, 0.3) is 5.91 Å². The van der Waals surface area contributed by atoms with Crippen LogP contribution in [-0.2, 0) is 6.42 Å². The van der Waals surface area contributed by atoms with Crippen molar-refractivity contribution < 1.29 is 4.79 Å². The second kappa shape index (κ2) is 8.72. The molecule has 2 aromatic carbocycles. The maximum absolute atomic E-state index is 12.8. The Morgan fingerprint density at radius 1 is 1.11 bits per heavy atom. The standard InChI is InChI=1S/C23H24ClN3O/c24-19-15-18-7-4-11-25-22(18)21(16-19)23(28)26-20-9-13-27(14-10-20)12-8-17-5-2-1-3-6-17/h1-7,11,15-16,20H,8-10,12-14H2,(H,26,28). The summed E-state index contributed by atoms with van der Waals surface area (Å²) in [5.41, 5.74) is 2.62. The van der Waals surface area contributed by atoms with Gasteiger partial charge in [-0.2, -0.15) is 0 Å². The summed E-state index contributed by atoms with van der Waals surface area (Å²) in [7, 11) is 0. The van der Waals surface area contributed by atoms with Crippen molar-refractivity contribution in [3.05, 3.63) is 76.9 Å². The molecule has 4 nitrogen and oxygen atoms in total. The van der Waals surface area contributed by atoms with Crippen LogP contribution in [0, 0.1) is 0 Å². The Morgan fingerprint density at radius 3 is 2.68 bits per heavy atom. The maximum Gasteiger partial charge on any atom is 0.253 e. The molecule has 1 aliphatic rings. The Kier molecular flexibility index (Phi) is 5.89. The number of halogens is 1. The Labute approximate surface area is 170 Å². The SMILES string of the molecule is O=C(NC1CCN(CCc2ccccc2)CC1)c1cc(Cl)cc2cccnc12. The molecule has 0 spiro atoms. The van der Waals surface area contributed by atoms with Crippen molar-refractivity contribution in [1.82, 2.24) is 15.2 Å². The zero-order chi connectivity index (χ0) is 19.3. The first-order valence-electron chi connectivity index (χ1n) is 9.80. The normalized spacial score (nSPS) is 15.6. The number of nitrogens with one attached hydrogen (secondary N) is 1. The number of hydrogen-bond donors (Lipinski definition) is 1. The quantitative estimate of drug-likeness (QED) is 0.701. The third-order valence-corrected chi connectivity index (χ3v) is 5.61. The lowest BCUT2D eigenvalue weighted by molar-refractivity contribution is 0.0913. The van der Waals surface area contributed by atoms with Gasteiger partial charge in [-0.15, -0.1) is 0 Å². The zero-order valence-electron chi connectivity index (χ0n) is 15.8. The molecule has 5 heteroatoms. The number of pyridine rings is 1. The first-order valence-corrected chi connectivity index (χ1v) is 10.2. The van der Waals surface area contributed by atoms with Crippen LogP contribution < -0.4 is 5.32 Å². The van der Waals surface area contributed by atoms with Gasteiger partial charge in [0.05, 0.1) is 11.1 Å². The molecule has 1 fully saturated rings. The molecule has 3 aromatic rings. The van der Waals surface area contributed by atoms with Crippen molar-refractivity contribution >= 4 is 28.4 Å². The number of amides is 1. The third-order valence-electron chi connectivity index (χ3n) is 5.40. The van der Waals surface area contributed by atoms with E-state index < -0.39 is 0 Å². The molecule has 28 heavy (non-hydrogen) atoms. The molecule has 0 bridgehead atoms. The summed E-state index contributed by atoms with van der Waals surface area (Å²) in [6.45, 7) is 3.08. The molecule has 1 N–H and O–H groups in total. The van der Waals surface area contributed by atoms with Gasteiger partial charge in [-0.25, -0.2) is 0 Å². The van der Waals surface area contributed by atoms with E-state index in [1.54, 1.807) is 12.3 Å². The van der Waals surface area contributed by atoms with E-state index in [9.17, 15) is 4.79 Å². The van der Waals surface area contributed by atoms with Gasteiger partial charge in [0, 0.05) is 42.3 Å². The maximum atomic E-state index is 12.8. The summed E-state index contributed by atoms with van der Waals surface area (Å²) in [5.74, 6) is -0.0889. The monoisotopic (exact) mass is 393 g/mol. The van der Waals surface area contributed by atoms with Crippen molar-refractivity contribution in [3.8, 4) is 0 Å². The number of piperidine rings is 1. The Hall–Kier alpha value is -2.43. The van der Waals surface area contributed by atoms with Crippen LogP contribution in [-0.4, -0.2) is 41.5 Å². The molecule has 0 unspecified atom stereocenters. The summed E-state index contributed by atoms with van der Waals surface area (Å²) in [4.78, 5) is 19.7. The van der Waals surface area contributed by atoms with Gasteiger partial charge >= 0.3 is 0 Å². The lowest BCUT2D eigenvalue weighted by Gasteiger charge is -2.32. The highest BCUT2D eigenvalue weighted by molar-refractivity contribution is 6.32. The molecule has 2 heterocycles. The van der Waals surface area contributed by atoms with E-state index in [0.29, 0.717) is 16.1 Å². The predicted molar refractivity (Wildman–Crippen MR) is 114 cm³/mol. The number of carbonyl (C=O) groups excluding carboxylic acids is 1. The molecule has 1 saturated heterocycles. The van der Waals surface area contributed by atoms with Crippen LogP contribution in [0.3, 0.4) is 0 Å². The van der Waals surface area contributed by atoms with Crippen LogP contribution in [0.2, 0.25) is 5.02 Å². The number of hydrogen-bond acceptors (Lipinski definition) is 3. The van der Waals surface area contributed by atoms with Crippen molar-refractivity contribution in [2.45, 2.75) is 25.3 Å². The van der Waals surface area contributed by atoms with Crippen molar-refractivity contribution in [2.24, 2.45) is 0 Å². The van der Waals surface area contributed by atoms with E-state index in [1.165, 1.54) is 5.56 Å². The number of fused-ring (bicyclic) bond motifs is 1. The van der Waals surface area contributed by atoms with Gasteiger partial charge in [0.2, 0.25) is 0 Å². The molecule has 0 atom stereocenters. The summed E-state index contributed by atoms with van der Waals surface area (Å²) in [5, 5.41) is 4.63. The number of carbonyl (C=O) groups is 1. The van der Waals surface area contributed by atoms with Gasteiger partial charge in [0.1, 0.15) is 0 Å². The Bertz CT molecular complexity index is 952. The molecule has 1 amide bonds. The minimum absolute atomic E-state index is 0.0889. The van der Waals surface area contributed by atoms with Gasteiger partial charge in [-0.1, -0.05) is 48.0 Å². The highest BCUT2D eigenvalue weighted by Crippen LogP contribution is 2.23. The fourth-order valence-electron chi connectivity index (χ4n) is 3.82. The fraction of sp³-hybridized carbons (Fsp3) is 0.304. The van der Waals surface area contributed by atoms with Gasteiger partial charge in [-0.3, -0.25) is 9.78 Å². The number of rotatable bonds is 5. The van der Waals surface area contributed by atoms with Crippen LogP contribution >= 0.6 is 11.6 Å². The van der Waals surface area contributed by atoms with Crippen LogP contribution in [0.1, 0.15) is 28.8 Å². The Morgan fingerprint density at radius 2 is 1.89 bits per heavy atom. The van der Waals surface area contributed by atoms with Crippen LogP contribution in [0.15, 0.2) is 60.8 Å². The van der Waals surface area contributed by atoms with E-state index in [4.69, 9.17) is 11.6 Å². The summed E-state index contributed by atoms with van der Waals surface area (Å²) in [6.07, 6.45) is 4.70. The first-order chi connectivity index (χ1) is 13.7. The van der Waals surface area contributed by atoms with E-state index >= 15 is 0 Å². The van der Waals surface area contributed by atoms with Gasteiger partial charge < -0.3 is 10.2 Å². The molecule has 144 valence electrons. The van der Waals surface area contributed by atoms with Crippen molar-refractivity contribution in [3.63, 3.8) is 0 Å². The molecule has 1 aromatic heterocycles. The lowest BCUT2D eigenvalue weighted by atomic mass is 10.0. The molecule has 0 aliphatic carbocycles. The third kappa shape index (κ3) is 4.51. The summed E-state index contributed by atoms with van der Waals surface area (Å²) >= 11 is 6.20. The second-order valence-corrected chi connectivity index (χ2v) is 7.79. The number of benzene rings is 2. The number of nitrogens with zero attached hydrogens (tertiary/aromatic N) is 2. The minimum Gasteiger partial charge on any atom is -0.349 e. The highest BCUT2D eigenvalue weighted by atomic mass is 35.5. The summed E-state index contributed by atoms with van der Waals surface area (Å²) < 4.78 is 0. The van der Waals surface area contributed by atoms with E-state index in [0.717, 1.165) is 44.3 Å². The molecular weight excluding hydrogens is 370 g/mol. The van der Waals surface area contributed by atoms with Gasteiger partial charge in [0.15, 0.2) is 0 Å². The number of likely N-dealkylation sites (tertiary alicyclic amines) is 1. The smallest absolute Gasteiger partial charge is 0.253 e. The molecule has 0 radical (unpaired) electrons. The summed E-state index contributed by atoms with van der Waals surface area (Å²) in [6, 6.07) is 18.1. The Balaban J connectivity index is 1.33. The molecular formula is C23H24ClN3O. The molecule has 4 rings (SSSR count). The average Bonchev–Trinajstić information content (AvgIpc) is 2.73. The largest absolute Gasteiger partial charge is 0.349 e. The van der Waals surface area contributed by atoms with E-state index in [1.807, 2.05) is 18.2 Å². The van der Waals surface area contributed by atoms with E-state index in [2.05, 4.69) is 45.5 Å². The predicted octanol–water partition coefficient (Wildman–Crippen LogP) is 4.33. The first kappa shape index (κ1) is 18.9. The lowest BCUT2D eigenvalue weighted by Crippen LogP contribution is -2.45.